The normalized spacial score (nSPS) is 12.6. The van der Waals surface area contributed by atoms with E-state index in [0.29, 0.717) is 48.5 Å². The van der Waals surface area contributed by atoms with Gasteiger partial charge in [-0.25, -0.2) is 0 Å². The van der Waals surface area contributed by atoms with Crippen LogP contribution in [0.2, 0.25) is 5.02 Å². The first-order valence-electron chi connectivity index (χ1n) is 7.67. The number of nitrogens with zero attached hydrogens (tertiary/aromatic N) is 1. The summed E-state index contributed by atoms with van der Waals surface area (Å²) in [6.07, 6.45) is 0. The minimum atomic E-state index is -0.0910. The van der Waals surface area contributed by atoms with Crippen LogP contribution in [-0.4, -0.2) is 44.2 Å². The summed E-state index contributed by atoms with van der Waals surface area (Å²) in [6.45, 7) is 1.89. The molecule has 3 rings (SSSR count). The third-order valence-corrected chi connectivity index (χ3v) is 3.90. The fourth-order valence-corrected chi connectivity index (χ4v) is 2.46. The number of fused-ring (bicyclic) bond motifs is 1. The van der Waals surface area contributed by atoms with Gasteiger partial charge in [-0.3, -0.25) is 4.79 Å². The first-order chi connectivity index (χ1) is 11.6. The monoisotopic (exact) mass is 347 g/mol. The van der Waals surface area contributed by atoms with Crippen LogP contribution >= 0.6 is 11.6 Å². The van der Waals surface area contributed by atoms with Crippen molar-refractivity contribution in [2.75, 3.05) is 33.4 Å². The predicted octanol–water partition coefficient (Wildman–Crippen LogP) is 3.26. The molecule has 0 bridgehead atoms. The summed E-state index contributed by atoms with van der Waals surface area (Å²) in [6, 6.07) is 12.3. The topological polar surface area (TPSA) is 48.0 Å². The Bertz CT molecular complexity index is 717. The van der Waals surface area contributed by atoms with Gasteiger partial charge in [0, 0.05) is 17.6 Å². The zero-order valence-electron chi connectivity index (χ0n) is 13.3. The van der Waals surface area contributed by atoms with Crippen molar-refractivity contribution in [3.8, 4) is 17.2 Å². The summed E-state index contributed by atoms with van der Waals surface area (Å²) in [4.78, 5) is 14.1. The molecule has 0 aromatic heterocycles. The Kier molecular flexibility index (Phi) is 5.11. The Morgan fingerprint density at radius 2 is 1.83 bits per heavy atom. The molecule has 1 aliphatic rings. The number of hydrogen-bond donors (Lipinski definition) is 0. The quantitative estimate of drug-likeness (QED) is 0.833. The highest BCUT2D eigenvalue weighted by Gasteiger charge is 2.17. The van der Waals surface area contributed by atoms with Crippen molar-refractivity contribution >= 4 is 17.5 Å². The molecule has 0 saturated carbocycles. The Labute approximate surface area is 145 Å². The van der Waals surface area contributed by atoms with Gasteiger partial charge in [0.1, 0.15) is 25.6 Å². The van der Waals surface area contributed by atoms with E-state index in [9.17, 15) is 4.79 Å². The molecule has 0 fully saturated rings. The summed E-state index contributed by atoms with van der Waals surface area (Å²) in [5.41, 5.74) is 0.563. The van der Waals surface area contributed by atoms with E-state index < -0.39 is 0 Å². The van der Waals surface area contributed by atoms with Gasteiger partial charge in [-0.1, -0.05) is 11.6 Å². The molecule has 0 radical (unpaired) electrons. The molecule has 5 nitrogen and oxygen atoms in total. The molecule has 1 aliphatic heterocycles. The second kappa shape index (κ2) is 7.45. The average molecular weight is 348 g/mol. The largest absolute Gasteiger partial charge is 0.492 e. The van der Waals surface area contributed by atoms with Gasteiger partial charge in [-0.15, -0.1) is 0 Å². The number of halogens is 1. The van der Waals surface area contributed by atoms with Crippen molar-refractivity contribution in [3.63, 3.8) is 0 Å². The van der Waals surface area contributed by atoms with Gasteiger partial charge in [0.05, 0.1) is 6.54 Å². The third kappa shape index (κ3) is 3.92. The average Bonchev–Trinajstić information content (AvgIpc) is 2.62. The predicted molar refractivity (Wildman–Crippen MR) is 91.3 cm³/mol. The van der Waals surface area contributed by atoms with Crippen LogP contribution in [0.5, 0.6) is 17.2 Å². The zero-order valence-corrected chi connectivity index (χ0v) is 14.1. The number of rotatable bonds is 5. The third-order valence-electron chi connectivity index (χ3n) is 3.64. The van der Waals surface area contributed by atoms with Crippen LogP contribution in [0.25, 0.3) is 0 Å². The lowest BCUT2D eigenvalue weighted by Gasteiger charge is -2.21. The molecule has 0 N–H and O–H groups in total. The maximum Gasteiger partial charge on any atom is 0.253 e. The summed E-state index contributed by atoms with van der Waals surface area (Å²) in [7, 11) is 1.74. The first kappa shape index (κ1) is 16.5. The van der Waals surface area contributed by atoms with Crippen LogP contribution in [0.15, 0.2) is 42.5 Å². The number of ether oxygens (including phenoxy) is 3. The van der Waals surface area contributed by atoms with E-state index in [4.69, 9.17) is 25.8 Å². The molecule has 0 unspecified atom stereocenters. The summed E-state index contributed by atoms with van der Waals surface area (Å²) in [5, 5.41) is 0.660. The number of carbonyl (C=O) groups excluding carboxylic acids is 1. The Hall–Kier alpha value is -2.40. The van der Waals surface area contributed by atoms with E-state index in [1.54, 1.807) is 54.4 Å². The highest BCUT2D eigenvalue weighted by atomic mass is 35.5. The van der Waals surface area contributed by atoms with Gasteiger partial charge in [-0.2, -0.15) is 0 Å². The van der Waals surface area contributed by atoms with Crippen molar-refractivity contribution in [1.82, 2.24) is 4.90 Å². The SMILES string of the molecule is CN(CCOc1ccc(Cl)cc1)C(=O)c1ccc2c(c1)OCCO2. The zero-order chi connectivity index (χ0) is 16.9. The van der Waals surface area contributed by atoms with E-state index in [-0.39, 0.29) is 5.91 Å². The molecule has 1 heterocycles. The van der Waals surface area contributed by atoms with Gasteiger partial charge in [0.15, 0.2) is 11.5 Å². The summed E-state index contributed by atoms with van der Waals surface area (Å²) >= 11 is 5.83. The lowest BCUT2D eigenvalue weighted by atomic mass is 10.1. The van der Waals surface area contributed by atoms with E-state index in [1.165, 1.54) is 0 Å². The Morgan fingerprint density at radius 1 is 1.12 bits per heavy atom. The second-order valence-electron chi connectivity index (χ2n) is 5.39. The molecule has 24 heavy (non-hydrogen) atoms. The van der Waals surface area contributed by atoms with Gasteiger partial charge >= 0.3 is 0 Å². The molecule has 0 atom stereocenters. The van der Waals surface area contributed by atoms with E-state index in [0.717, 1.165) is 5.75 Å². The maximum absolute atomic E-state index is 12.5. The molecule has 126 valence electrons. The van der Waals surface area contributed by atoms with Crippen LogP contribution in [0, 0.1) is 0 Å². The van der Waals surface area contributed by atoms with E-state index >= 15 is 0 Å². The molecule has 6 heteroatoms. The van der Waals surface area contributed by atoms with Crippen molar-refractivity contribution in [3.05, 3.63) is 53.1 Å². The first-order valence-corrected chi connectivity index (χ1v) is 8.05. The smallest absolute Gasteiger partial charge is 0.253 e. The molecule has 2 aromatic rings. The Balaban J connectivity index is 1.55. The van der Waals surface area contributed by atoms with Crippen LogP contribution < -0.4 is 14.2 Å². The Morgan fingerprint density at radius 3 is 2.58 bits per heavy atom. The lowest BCUT2D eigenvalue weighted by Crippen LogP contribution is -2.31. The number of hydrogen-bond acceptors (Lipinski definition) is 4. The van der Waals surface area contributed by atoms with E-state index in [1.807, 2.05) is 0 Å². The molecule has 0 spiro atoms. The minimum absolute atomic E-state index is 0.0910. The fourth-order valence-electron chi connectivity index (χ4n) is 2.33. The van der Waals surface area contributed by atoms with Gasteiger partial charge in [-0.05, 0) is 42.5 Å². The number of amides is 1. The minimum Gasteiger partial charge on any atom is -0.492 e. The van der Waals surface area contributed by atoms with Crippen molar-refractivity contribution in [1.29, 1.82) is 0 Å². The number of benzene rings is 2. The van der Waals surface area contributed by atoms with Crippen molar-refractivity contribution < 1.29 is 19.0 Å². The lowest BCUT2D eigenvalue weighted by molar-refractivity contribution is 0.0772. The summed E-state index contributed by atoms with van der Waals surface area (Å²) < 4.78 is 16.6. The van der Waals surface area contributed by atoms with Crippen molar-refractivity contribution in [2.24, 2.45) is 0 Å². The van der Waals surface area contributed by atoms with Gasteiger partial charge < -0.3 is 19.1 Å². The van der Waals surface area contributed by atoms with Crippen LogP contribution in [0.1, 0.15) is 10.4 Å². The highest BCUT2D eigenvalue weighted by molar-refractivity contribution is 6.30. The van der Waals surface area contributed by atoms with Crippen LogP contribution in [-0.2, 0) is 0 Å². The molecular weight excluding hydrogens is 330 g/mol. The van der Waals surface area contributed by atoms with Gasteiger partial charge in [0.2, 0.25) is 0 Å². The second-order valence-corrected chi connectivity index (χ2v) is 5.82. The van der Waals surface area contributed by atoms with Crippen LogP contribution in [0.4, 0.5) is 0 Å². The van der Waals surface area contributed by atoms with Crippen molar-refractivity contribution in [2.45, 2.75) is 0 Å². The highest BCUT2D eigenvalue weighted by Crippen LogP contribution is 2.31. The molecule has 0 aliphatic carbocycles. The van der Waals surface area contributed by atoms with Gasteiger partial charge in [0.25, 0.3) is 5.91 Å². The standard InChI is InChI=1S/C18H18ClNO4/c1-20(8-9-22-15-5-3-14(19)4-6-15)18(21)13-2-7-16-17(12-13)24-11-10-23-16/h2-7,12H,8-11H2,1H3. The summed E-state index contributed by atoms with van der Waals surface area (Å²) in [5.74, 6) is 1.91. The van der Waals surface area contributed by atoms with E-state index in [2.05, 4.69) is 0 Å². The molecule has 2 aromatic carbocycles. The number of carbonyl (C=O) groups is 1. The molecule has 1 amide bonds. The van der Waals surface area contributed by atoms with Crippen LogP contribution in [0.3, 0.4) is 0 Å². The number of likely N-dealkylation sites (N-methyl/N-ethyl adjacent to an activating group) is 1. The molecular formula is C18H18ClNO4. The maximum atomic E-state index is 12.5. The fraction of sp³-hybridized carbons (Fsp3) is 0.278. The molecule has 0 saturated heterocycles.